The summed E-state index contributed by atoms with van der Waals surface area (Å²) in [7, 11) is 0. The Bertz CT molecular complexity index is 1470. The first-order chi connectivity index (χ1) is 21.5. The average molecular weight is 624 g/mol. The molecule has 0 saturated heterocycles. The Labute approximate surface area is 260 Å². The van der Waals surface area contributed by atoms with Gasteiger partial charge in [-0.2, -0.15) is 0 Å². The topological polar surface area (TPSA) is 256 Å². The van der Waals surface area contributed by atoms with Gasteiger partial charge in [-0.3, -0.25) is 19.2 Å². The first-order valence-corrected chi connectivity index (χ1v) is 14.7. The van der Waals surface area contributed by atoms with E-state index in [0.29, 0.717) is 30.5 Å². The summed E-state index contributed by atoms with van der Waals surface area (Å²) in [5.41, 5.74) is 18.7. The number of primary amides is 1. The number of phenolic OH excluding ortho intramolecular Hbond substituents is 1. The number of phenols is 1. The SMILES string of the molecule is NCCCCC(NC(=O)C(N)CCC(N)=O)C(=O)NC(Cc1ccc(O)cc1)C(=O)NC(Cc1c[nH]c2ccccc12)C(=O)O. The van der Waals surface area contributed by atoms with Gasteiger partial charge in [0.05, 0.1) is 6.04 Å². The van der Waals surface area contributed by atoms with Crippen LogP contribution in [-0.2, 0) is 36.8 Å². The molecule has 0 bridgehead atoms. The molecule has 3 aromatic rings. The zero-order valence-electron chi connectivity index (χ0n) is 24.8. The van der Waals surface area contributed by atoms with Crippen molar-refractivity contribution in [2.75, 3.05) is 6.54 Å². The number of nitrogens with two attached hydrogens (primary N) is 3. The van der Waals surface area contributed by atoms with Crippen molar-refractivity contribution in [1.29, 1.82) is 0 Å². The molecule has 3 rings (SSSR count). The summed E-state index contributed by atoms with van der Waals surface area (Å²) >= 11 is 0. The molecule has 14 heteroatoms. The van der Waals surface area contributed by atoms with Gasteiger partial charge in [0.25, 0.3) is 0 Å². The van der Waals surface area contributed by atoms with Crippen LogP contribution in [0.5, 0.6) is 5.75 Å². The maximum atomic E-state index is 13.6. The molecule has 4 amide bonds. The number of carbonyl (C=O) groups excluding carboxylic acids is 4. The van der Waals surface area contributed by atoms with Crippen LogP contribution in [0.1, 0.15) is 43.2 Å². The van der Waals surface area contributed by atoms with Crippen LogP contribution >= 0.6 is 0 Å². The second-order valence-electron chi connectivity index (χ2n) is 10.9. The van der Waals surface area contributed by atoms with Crippen LogP contribution in [0, 0.1) is 0 Å². The van der Waals surface area contributed by atoms with E-state index in [1.807, 2.05) is 24.3 Å². The van der Waals surface area contributed by atoms with Crippen LogP contribution < -0.4 is 33.2 Å². The third-order valence-corrected chi connectivity index (χ3v) is 7.34. The van der Waals surface area contributed by atoms with Crippen LogP contribution in [0.4, 0.5) is 0 Å². The van der Waals surface area contributed by atoms with Gasteiger partial charge in [-0.15, -0.1) is 0 Å². The fourth-order valence-corrected chi connectivity index (χ4v) is 4.81. The van der Waals surface area contributed by atoms with Gasteiger partial charge in [0.1, 0.15) is 23.9 Å². The molecule has 14 nitrogen and oxygen atoms in total. The maximum Gasteiger partial charge on any atom is 0.326 e. The van der Waals surface area contributed by atoms with Crippen molar-refractivity contribution in [2.24, 2.45) is 17.2 Å². The van der Waals surface area contributed by atoms with Gasteiger partial charge in [0, 0.05) is 36.4 Å². The van der Waals surface area contributed by atoms with Gasteiger partial charge in [0.15, 0.2) is 0 Å². The van der Waals surface area contributed by atoms with Gasteiger partial charge in [-0.25, -0.2) is 4.79 Å². The van der Waals surface area contributed by atoms with Crippen LogP contribution in [0.25, 0.3) is 10.9 Å². The highest BCUT2D eigenvalue weighted by Crippen LogP contribution is 2.19. The number of amides is 4. The number of unbranched alkanes of at least 4 members (excludes halogenated alkanes) is 1. The summed E-state index contributed by atoms with van der Waals surface area (Å²) in [5, 5.41) is 28.3. The Balaban J connectivity index is 1.81. The molecule has 0 aliphatic heterocycles. The minimum absolute atomic E-state index is 0.00353. The molecule has 0 aliphatic rings. The average Bonchev–Trinajstić information content (AvgIpc) is 3.42. The lowest BCUT2D eigenvalue weighted by atomic mass is 10.0. The number of para-hydroxylation sites is 1. The zero-order chi connectivity index (χ0) is 32.9. The van der Waals surface area contributed by atoms with Crippen molar-refractivity contribution in [3.05, 3.63) is 65.9 Å². The molecular weight excluding hydrogens is 582 g/mol. The van der Waals surface area contributed by atoms with Crippen LogP contribution in [0.3, 0.4) is 0 Å². The lowest BCUT2D eigenvalue weighted by Crippen LogP contribution is -2.57. The monoisotopic (exact) mass is 623 g/mol. The minimum Gasteiger partial charge on any atom is -0.508 e. The van der Waals surface area contributed by atoms with E-state index in [9.17, 15) is 34.2 Å². The number of benzene rings is 2. The van der Waals surface area contributed by atoms with E-state index < -0.39 is 53.8 Å². The number of hydrogen-bond donors (Lipinski definition) is 9. The van der Waals surface area contributed by atoms with Crippen molar-refractivity contribution < 1.29 is 34.2 Å². The highest BCUT2D eigenvalue weighted by molar-refractivity contribution is 5.94. The lowest BCUT2D eigenvalue weighted by molar-refractivity contribution is -0.142. The molecule has 4 atom stereocenters. The standard InChI is InChI=1S/C31H41N7O7/c32-14-4-3-7-24(36-28(41)22(33)12-13-27(34)40)29(42)37-25(15-18-8-10-20(39)11-9-18)30(43)38-26(31(44)45)16-19-17-35-23-6-2-1-5-21(19)23/h1-2,5-6,8-11,17,22,24-26,35,39H,3-4,7,12-16,32-33H2,(H2,34,40)(H,36,41)(H,37,42)(H,38,43)(H,44,45). The van der Waals surface area contributed by atoms with Crippen LogP contribution in [0.15, 0.2) is 54.7 Å². The fraction of sp³-hybridized carbons (Fsp3) is 0.387. The van der Waals surface area contributed by atoms with Gasteiger partial charge >= 0.3 is 5.97 Å². The van der Waals surface area contributed by atoms with E-state index in [0.717, 1.165) is 10.9 Å². The molecule has 242 valence electrons. The Kier molecular flexibility index (Phi) is 12.9. The predicted octanol–water partition coefficient (Wildman–Crippen LogP) is -0.0805. The van der Waals surface area contributed by atoms with Gasteiger partial charge in [-0.1, -0.05) is 30.3 Å². The predicted molar refractivity (Wildman–Crippen MR) is 167 cm³/mol. The highest BCUT2D eigenvalue weighted by atomic mass is 16.4. The number of nitrogens with one attached hydrogen (secondary N) is 4. The number of H-pyrrole nitrogens is 1. The first kappa shape index (κ1) is 34.5. The summed E-state index contributed by atoms with van der Waals surface area (Å²) in [5.74, 6) is -4.00. The largest absolute Gasteiger partial charge is 0.508 e. The normalized spacial score (nSPS) is 13.7. The number of aromatic amines is 1. The van der Waals surface area contributed by atoms with E-state index in [4.69, 9.17) is 17.2 Å². The van der Waals surface area contributed by atoms with Crippen molar-refractivity contribution in [2.45, 2.75) is 69.1 Å². The number of fused-ring (bicyclic) bond motifs is 1. The fourth-order valence-electron chi connectivity index (χ4n) is 4.81. The number of carboxylic acids is 1. The van der Waals surface area contributed by atoms with Crippen molar-refractivity contribution in [1.82, 2.24) is 20.9 Å². The molecular formula is C31H41N7O7. The van der Waals surface area contributed by atoms with Crippen molar-refractivity contribution >= 4 is 40.5 Å². The van der Waals surface area contributed by atoms with E-state index in [1.54, 1.807) is 18.3 Å². The van der Waals surface area contributed by atoms with Gasteiger partial charge in [-0.05, 0) is 61.6 Å². The number of carboxylic acid groups (broad SMARTS) is 1. The molecule has 1 aromatic heterocycles. The molecule has 0 fully saturated rings. The van der Waals surface area contributed by atoms with Gasteiger partial charge < -0.3 is 48.3 Å². The number of aromatic nitrogens is 1. The minimum atomic E-state index is -1.32. The lowest BCUT2D eigenvalue weighted by Gasteiger charge is -2.25. The van der Waals surface area contributed by atoms with E-state index in [1.165, 1.54) is 12.1 Å². The van der Waals surface area contributed by atoms with E-state index >= 15 is 0 Å². The molecule has 0 spiro atoms. The summed E-state index contributed by atoms with van der Waals surface area (Å²) in [4.78, 5) is 66.3. The molecule has 0 saturated carbocycles. The van der Waals surface area contributed by atoms with Crippen LogP contribution in [0.2, 0.25) is 0 Å². The van der Waals surface area contributed by atoms with Crippen molar-refractivity contribution in [3.8, 4) is 5.75 Å². The zero-order valence-corrected chi connectivity index (χ0v) is 24.8. The third kappa shape index (κ3) is 10.6. The Morgan fingerprint density at radius 2 is 1.44 bits per heavy atom. The summed E-state index contributed by atoms with van der Waals surface area (Å²) < 4.78 is 0. The van der Waals surface area contributed by atoms with E-state index in [2.05, 4.69) is 20.9 Å². The Morgan fingerprint density at radius 1 is 0.800 bits per heavy atom. The molecule has 1 heterocycles. The number of aliphatic carboxylic acids is 1. The summed E-state index contributed by atoms with van der Waals surface area (Å²) in [6.07, 6.45) is 2.72. The smallest absolute Gasteiger partial charge is 0.326 e. The molecule has 0 radical (unpaired) electrons. The number of rotatable bonds is 18. The van der Waals surface area contributed by atoms with Gasteiger partial charge in [0.2, 0.25) is 23.6 Å². The molecule has 0 aliphatic carbocycles. The second-order valence-corrected chi connectivity index (χ2v) is 10.9. The second kappa shape index (κ2) is 16.8. The number of aromatic hydroxyl groups is 1. The number of hydrogen-bond acceptors (Lipinski definition) is 8. The maximum absolute atomic E-state index is 13.6. The summed E-state index contributed by atoms with van der Waals surface area (Å²) in [6, 6.07) is 8.59. The molecule has 12 N–H and O–H groups in total. The third-order valence-electron chi connectivity index (χ3n) is 7.34. The Morgan fingerprint density at radius 3 is 2.11 bits per heavy atom. The first-order valence-electron chi connectivity index (χ1n) is 14.7. The molecule has 4 unspecified atom stereocenters. The van der Waals surface area contributed by atoms with Crippen molar-refractivity contribution in [3.63, 3.8) is 0 Å². The van der Waals surface area contributed by atoms with E-state index in [-0.39, 0.29) is 37.9 Å². The Hall–Kier alpha value is -4.95. The summed E-state index contributed by atoms with van der Waals surface area (Å²) in [6.45, 7) is 0.360. The van der Waals surface area contributed by atoms with Crippen LogP contribution in [-0.4, -0.2) is 75.5 Å². The highest BCUT2D eigenvalue weighted by Gasteiger charge is 2.31. The molecule has 45 heavy (non-hydrogen) atoms. The quantitative estimate of drug-likeness (QED) is 0.0857. The molecule has 2 aromatic carbocycles. The number of carbonyl (C=O) groups is 5.